The summed E-state index contributed by atoms with van der Waals surface area (Å²) in [5.74, 6) is 1.21. The highest BCUT2D eigenvalue weighted by Crippen LogP contribution is 2.32. The van der Waals surface area contributed by atoms with Crippen molar-refractivity contribution in [2.75, 3.05) is 24.5 Å². The van der Waals surface area contributed by atoms with Crippen molar-refractivity contribution in [2.24, 2.45) is 0 Å². The van der Waals surface area contributed by atoms with Gasteiger partial charge in [-0.15, -0.1) is 0 Å². The highest BCUT2D eigenvalue weighted by Gasteiger charge is 2.29. The van der Waals surface area contributed by atoms with Gasteiger partial charge in [0.15, 0.2) is 11.7 Å². The molecule has 1 aromatic heterocycles. The van der Waals surface area contributed by atoms with Crippen molar-refractivity contribution in [1.82, 2.24) is 9.29 Å². The lowest BCUT2D eigenvalue weighted by Gasteiger charge is -2.30. The lowest BCUT2D eigenvalue weighted by atomic mass is 10.0. The summed E-state index contributed by atoms with van der Waals surface area (Å²) in [5, 5.41) is 0. The highest BCUT2D eigenvalue weighted by molar-refractivity contribution is 7.89. The van der Waals surface area contributed by atoms with Crippen molar-refractivity contribution < 1.29 is 17.6 Å². The Labute approximate surface area is 194 Å². The molecule has 0 saturated carbocycles. The number of hydrogen-bond donors (Lipinski definition) is 0. The summed E-state index contributed by atoms with van der Waals surface area (Å²) in [4.78, 5) is 19.4. The fraction of sp³-hybridized carbons (Fsp3) is 0.360. The Hall–Kier alpha value is -2.97. The third-order valence-corrected chi connectivity index (χ3v) is 8.23. The molecule has 1 amide bonds. The van der Waals surface area contributed by atoms with Crippen LogP contribution >= 0.6 is 0 Å². The molecule has 3 heterocycles. The van der Waals surface area contributed by atoms with E-state index in [1.54, 1.807) is 33.6 Å². The Morgan fingerprint density at radius 2 is 1.79 bits per heavy atom. The lowest BCUT2D eigenvalue weighted by molar-refractivity contribution is -0.118. The molecule has 0 N–H and O–H groups in total. The van der Waals surface area contributed by atoms with E-state index in [2.05, 4.69) is 4.98 Å². The van der Waals surface area contributed by atoms with Gasteiger partial charge in [0.25, 0.3) is 0 Å². The van der Waals surface area contributed by atoms with E-state index in [1.807, 2.05) is 30.3 Å². The number of carbonyl (C=O) groups excluding carboxylic acids is 1. The predicted octanol–water partition coefficient (Wildman–Crippen LogP) is 4.04. The summed E-state index contributed by atoms with van der Waals surface area (Å²) in [5.41, 5.74) is 2.67. The van der Waals surface area contributed by atoms with Crippen LogP contribution in [0.25, 0.3) is 11.3 Å². The van der Waals surface area contributed by atoms with Crippen molar-refractivity contribution in [3.63, 3.8) is 0 Å². The number of rotatable bonds is 6. The van der Waals surface area contributed by atoms with Gasteiger partial charge in [-0.05, 0) is 49.4 Å². The lowest BCUT2D eigenvalue weighted by Crippen LogP contribution is -2.36. The van der Waals surface area contributed by atoms with Crippen LogP contribution in [0.15, 0.2) is 64.0 Å². The van der Waals surface area contributed by atoms with E-state index in [-0.39, 0.29) is 12.3 Å². The summed E-state index contributed by atoms with van der Waals surface area (Å²) in [7, 11) is -3.47. The second-order valence-electron chi connectivity index (χ2n) is 8.53. The van der Waals surface area contributed by atoms with Gasteiger partial charge in [0.2, 0.25) is 15.9 Å². The van der Waals surface area contributed by atoms with Gasteiger partial charge in [-0.2, -0.15) is 4.31 Å². The van der Waals surface area contributed by atoms with Crippen LogP contribution < -0.4 is 4.90 Å². The number of nitrogens with zero attached hydrogens (tertiary/aromatic N) is 3. The average molecular weight is 466 g/mol. The van der Waals surface area contributed by atoms with Crippen LogP contribution in [0.4, 0.5) is 5.69 Å². The van der Waals surface area contributed by atoms with E-state index in [4.69, 9.17) is 4.42 Å². The number of anilines is 1. The van der Waals surface area contributed by atoms with Crippen molar-refractivity contribution in [2.45, 2.75) is 43.4 Å². The second kappa shape index (κ2) is 9.11. The Kier molecular flexibility index (Phi) is 6.03. The number of amides is 1. The topological polar surface area (TPSA) is 83.7 Å². The van der Waals surface area contributed by atoms with Crippen LogP contribution in [0.5, 0.6) is 0 Å². The number of hydrogen-bond acceptors (Lipinski definition) is 5. The van der Waals surface area contributed by atoms with Gasteiger partial charge in [-0.3, -0.25) is 4.79 Å². The zero-order chi connectivity index (χ0) is 22.8. The quantitative estimate of drug-likeness (QED) is 0.549. The zero-order valence-electron chi connectivity index (χ0n) is 18.4. The predicted molar refractivity (Wildman–Crippen MR) is 125 cm³/mol. The first-order chi connectivity index (χ1) is 16.0. The van der Waals surface area contributed by atoms with Crippen molar-refractivity contribution in [3.8, 4) is 11.3 Å². The van der Waals surface area contributed by atoms with Crippen LogP contribution in [0.1, 0.15) is 37.1 Å². The van der Waals surface area contributed by atoms with E-state index in [1.165, 1.54) is 0 Å². The summed E-state index contributed by atoms with van der Waals surface area (Å²) in [6, 6.07) is 14.9. The Morgan fingerprint density at radius 1 is 1.00 bits per heavy atom. The number of fused-ring (bicyclic) bond motifs is 1. The molecule has 5 rings (SSSR count). The van der Waals surface area contributed by atoms with Crippen molar-refractivity contribution in [1.29, 1.82) is 0 Å². The fourth-order valence-corrected chi connectivity index (χ4v) is 6.15. The maximum absolute atomic E-state index is 13.0. The standard InChI is InChI=1S/C25H27N3O4S/c29-25(13-12-24-26-18-23(32-24)19-7-2-1-3-8-19)28-16-6-9-20-17-21(10-11-22(20)28)33(30,31)27-14-4-5-15-27/h1-3,7-8,10-11,17-18H,4-6,9,12-16H2. The monoisotopic (exact) mass is 465 g/mol. The van der Waals surface area contributed by atoms with E-state index >= 15 is 0 Å². The molecular formula is C25H27N3O4S. The molecule has 7 nitrogen and oxygen atoms in total. The molecule has 0 unspecified atom stereocenters. The maximum atomic E-state index is 13.0. The molecule has 33 heavy (non-hydrogen) atoms. The number of aryl methyl sites for hydroxylation is 2. The molecule has 172 valence electrons. The molecule has 8 heteroatoms. The SMILES string of the molecule is O=C(CCc1ncc(-c2ccccc2)o1)N1CCCc2cc(S(=O)(=O)N3CCCC3)ccc21. The second-order valence-corrected chi connectivity index (χ2v) is 10.5. The van der Waals surface area contributed by atoms with Crippen LogP contribution in [-0.4, -0.2) is 43.2 Å². The van der Waals surface area contributed by atoms with Crippen LogP contribution in [0, 0.1) is 0 Å². The van der Waals surface area contributed by atoms with Gasteiger partial charge in [0.05, 0.1) is 11.1 Å². The van der Waals surface area contributed by atoms with Crippen LogP contribution in [-0.2, 0) is 27.7 Å². The normalized spacial score (nSPS) is 16.7. The van der Waals surface area contributed by atoms with Gasteiger partial charge in [0, 0.05) is 43.7 Å². The molecule has 0 atom stereocenters. The van der Waals surface area contributed by atoms with Crippen LogP contribution in [0.2, 0.25) is 0 Å². The first-order valence-electron chi connectivity index (χ1n) is 11.5. The largest absolute Gasteiger partial charge is 0.441 e. The van der Waals surface area contributed by atoms with Gasteiger partial charge in [-0.25, -0.2) is 13.4 Å². The Morgan fingerprint density at radius 3 is 2.58 bits per heavy atom. The van der Waals surface area contributed by atoms with E-state index in [0.29, 0.717) is 42.6 Å². The molecule has 2 aliphatic heterocycles. The molecule has 0 aliphatic carbocycles. The zero-order valence-corrected chi connectivity index (χ0v) is 19.3. The van der Waals surface area contributed by atoms with Crippen LogP contribution in [0.3, 0.4) is 0 Å². The molecule has 2 aromatic carbocycles. The maximum Gasteiger partial charge on any atom is 0.243 e. The number of carbonyl (C=O) groups is 1. The summed E-state index contributed by atoms with van der Waals surface area (Å²) < 4.78 is 33.2. The fourth-order valence-electron chi connectivity index (χ4n) is 4.58. The number of oxazole rings is 1. The summed E-state index contributed by atoms with van der Waals surface area (Å²) >= 11 is 0. The third-order valence-electron chi connectivity index (χ3n) is 6.34. The molecule has 0 spiro atoms. The Balaban J connectivity index is 1.28. The molecule has 2 aliphatic rings. The van der Waals surface area contributed by atoms with E-state index in [9.17, 15) is 13.2 Å². The first-order valence-corrected chi connectivity index (χ1v) is 12.9. The molecule has 3 aromatic rings. The van der Waals surface area contributed by atoms with Gasteiger partial charge in [-0.1, -0.05) is 30.3 Å². The first kappa shape index (κ1) is 21.9. The minimum absolute atomic E-state index is 0.00874. The third kappa shape index (κ3) is 4.45. The minimum atomic E-state index is -3.47. The minimum Gasteiger partial charge on any atom is -0.441 e. The van der Waals surface area contributed by atoms with Crippen molar-refractivity contribution in [3.05, 3.63) is 66.2 Å². The summed E-state index contributed by atoms with van der Waals surface area (Å²) in [6.07, 6.45) is 5.77. The molecule has 1 fully saturated rings. The average Bonchev–Trinajstić information content (AvgIpc) is 3.55. The van der Waals surface area contributed by atoms with Crippen molar-refractivity contribution >= 4 is 21.6 Å². The molecule has 0 bridgehead atoms. The smallest absolute Gasteiger partial charge is 0.243 e. The van der Waals surface area contributed by atoms with E-state index < -0.39 is 10.0 Å². The van der Waals surface area contributed by atoms with Gasteiger partial charge >= 0.3 is 0 Å². The summed E-state index contributed by atoms with van der Waals surface area (Å²) in [6.45, 7) is 1.79. The number of aromatic nitrogens is 1. The van der Waals surface area contributed by atoms with Gasteiger partial charge in [0.1, 0.15) is 0 Å². The highest BCUT2D eigenvalue weighted by atomic mass is 32.2. The molecular weight excluding hydrogens is 438 g/mol. The number of sulfonamides is 1. The van der Waals surface area contributed by atoms with Gasteiger partial charge < -0.3 is 9.32 Å². The van der Waals surface area contributed by atoms with E-state index in [0.717, 1.165) is 42.5 Å². The number of benzene rings is 2. The Bertz CT molecular complexity index is 1250. The molecule has 0 radical (unpaired) electrons. The molecule has 1 saturated heterocycles.